The van der Waals surface area contributed by atoms with Gasteiger partial charge in [0.25, 0.3) is 0 Å². The Hall–Kier alpha value is -0.600. The van der Waals surface area contributed by atoms with E-state index in [1.165, 1.54) is 6.92 Å². The minimum absolute atomic E-state index is 0.0933. The second-order valence-corrected chi connectivity index (χ2v) is 4.74. The van der Waals surface area contributed by atoms with Crippen LogP contribution in [-0.4, -0.2) is 19.7 Å². The van der Waals surface area contributed by atoms with Crippen molar-refractivity contribution < 1.29 is 8.42 Å². The van der Waals surface area contributed by atoms with E-state index in [2.05, 4.69) is 4.72 Å². The lowest BCUT2D eigenvalue weighted by Gasteiger charge is -2.04. The normalized spacial score (nSPS) is 20.7. The molecule has 0 radical (unpaired) electrons. The third kappa shape index (κ3) is 2.17. The molecule has 11 heavy (non-hydrogen) atoms. The summed E-state index contributed by atoms with van der Waals surface area (Å²) < 4.78 is 24.6. The van der Waals surface area contributed by atoms with Gasteiger partial charge >= 0.3 is 0 Å². The first-order valence-corrected chi connectivity index (χ1v) is 5.01. The first-order chi connectivity index (χ1) is 5.06. The Labute approximate surface area is 66.3 Å². The molecule has 0 aromatic carbocycles. The summed E-state index contributed by atoms with van der Waals surface area (Å²) in [4.78, 5) is 0. The van der Waals surface area contributed by atoms with Gasteiger partial charge in [-0.05, 0) is 19.8 Å². The Morgan fingerprint density at radius 1 is 1.64 bits per heavy atom. The summed E-state index contributed by atoms with van der Waals surface area (Å²) in [5, 5.41) is 7.39. The topological polar surface area (TPSA) is 70.0 Å². The maximum Gasteiger partial charge on any atom is 0.227 e. The van der Waals surface area contributed by atoms with Gasteiger partial charge in [0, 0.05) is 6.04 Å². The zero-order valence-corrected chi connectivity index (χ0v) is 7.06. The molecule has 1 unspecified atom stereocenters. The number of nitrogens with zero attached hydrogens (tertiary/aromatic N) is 1. The minimum atomic E-state index is -3.36. The van der Waals surface area contributed by atoms with Gasteiger partial charge in [-0.3, -0.25) is 0 Å². The molecule has 1 saturated carbocycles. The maximum absolute atomic E-state index is 11.1. The Morgan fingerprint density at radius 2 is 2.18 bits per heavy atom. The van der Waals surface area contributed by atoms with Crippen LogP contribution in [-0.2, 0) is 10.0 Å². The van der Waals surface area contributed by atoms with Crippen molar-refractivity contribution >= 4 is 10.0 Å². The standard InChI is InChI=1S/C6H10N2O2S/c1-5(4-7)11(9,10)8-6-2-3-6/h5-6,8H,2-3H2,1H3. The van der Waals surface area contributed by atoms with Crippen molar-refractivity contribution in [3.8, 4) is 6.07 Å². The summed E-state index contributed by atoms with van der Waals surface area (Å²) >= 11 is 0. The van der Waals surface area contributed by atoms with Gasteiger partial charge in [0.1, 0.15) is 0 Å². The summed E-state index contributed by atoms with van der Waals surface area (Å²) in [6.45, 7) is 1.38. The number of hydrogen-bond acceptors (Lipinski definition) is 3. The van der Waals surface area contributed by atoms with E-state index in [1.807, 2.05) is 0 Å². The van der Waals surface area contributed by atoms with E-state index in [4.69, 9.17) is 5.26 Å². The lowest BCUT2D eigenvalue weighted by Crippen LogP contribution is -2.33. The fourth-order valence-corrected chi connectivity index (χ4v) is 1.65. The zero-order chi connectivity index (χ0) is 8.48. The molecular weight excluding hydrogens is 164 g/mol. The van der Waals surface area contributed by atoms with Crippen LogP contribution in [0.5, 0.6) is 0 Å². The monoisotopic (exact) mass is 174 g/mol. The molecule has 1 N–H and O–H groups in total. The van der Waals surface area contributed by atoms with Crippen molar-refractivity contribution in [2.45, 2.75) is 31.1 Å². The predicted octanol–water partition coefficient (Wildman–Crippen LogP) is -0.0197. The molecular formula is C6H10N2O2S. The van der Waals surface area contributed by atoms with Gasteiger partial charge in [0.2, 0.25) is 10.0 Å². The lowest BCUT2D eigenvalue weighted by atomic mass is 10.5. The third-order valence-corrected chi connectivity index (χ3v) is 3.25. The molecule has 1 atom stereocenters. The SMILES string of the molecule is CC(C#N)S(=O)(=O)NC1CC1. The minimum Gasteiger partial charge on any atom is -0.211 e. The average Bonchev–Trinajstić information content (AvgIpc) is 2.69. The molecule has 1 aliphatic carbocycles. The molecule has 0 heterocycles. The van der Waals surface area contributed by atoms with Crippen LogP contribution in [0.15, 0.2) is 0 Å². The molecule has 0 amide bonds. The predicted molar refractivity (Wildman–Crippen MR) is 40.2 cm³/mol. The highest BCUT2D eigenvalue weighted by Gasteiger charge is 2.30. The highest BCUT2D eigenvalue weighted by Crippen LogP contribution is 2.20. The van der Waals surface area contributed by atoms with Gasteiger partial charge in [0.05, 0.1) is 6.07 Å². The van der Waals surface area contributed by atoms with E-state index in [0.717, 1.165) is 12.8 Å². The second kappa shape index (κ2) is 2.80. The molecule has 4 nitrogen and oxygen atoms in total. The molecule has 0 aromatic rings. The van der Waals surface area contributed by atoms with Crippen LogP contribution in [0.1, 0.15) is 19.8 Å². The van der Waals surface area contributed by atoms with Gasteiger partial charge in [-0.2, -0.15) is 5.26 Å². The first-order valence-electron chi connectivity index (χ1n) is 3.47. The molecule has 1 rings (SSSR count). The number of nitrogens with one attached hydrogen (secondary N) is 1. The summed E-state index contributed by atoms with van der Waals surface area (Å²) in [7, 11) is -3.36. The summed E-state index contributed by atoms with van der Waals surface area (Å²) in [5.74, 6) is 0. The molecule has 0 aromatic heterocycles. The van der Waals surface area contributed by atoms with Crippen molar-refractivity contribution in [2.75, 3.05) is 0 Å². The Kier molecular flexibility index (Phi) is 2.16. The van der Waals surface area contributed by atoms with Gasteiger partial charge in [0.15, 0.2) is 5.25 Å². The van der Waals surface area contributed by atoms with Crippen molar-refractivity contribution in [2.24, 2.45) is 0 Å². The maximum atomic E-state index is 11.1. The molecule has 0 aliphatic heterocycles. The highest BCUT2D eigenvalue weighted by molar-refractivity contribution is 7.90. The highest BCUT2D eigenvalue weighted by atomic mass is 32.2. The fraction of sp³-hybridized carbons (Fsp3) is 0.833. The average molecular weight is 174 g/mol. The molecule has 1 fully saturated rings. The molecule has 0 spiro atoms. The lowest BCUT2D eigenvalue weighted by molar-refractivity contribution is 0.576. The number of hydrogen-bond donors (Lipinski definition) is 1. The Bertz CT molecular complexity index is 273. The van der Waals surface area contributed by atoms with E-state index in [0.29, 0.717) is 0 Å². The van der Waals surface area contributed by atoms with Crippen LogP contribution in [0.4, 0.5) is 0 Å². The Morgan fingerprint density at radius 3 is 2.55 bits per heavy atom. The number of nitriles is 1. The van der Waals surface area contributed by atoms with Crippen LogP contribution >= 0.6 is 0 Å². The summed E-state index contributed by atoms with van der Waals surface area (Å²) in [5.41, 5.74) is 0. The fourth-order valence-electron chi connectivity index (χ4n) is 0.605. The summed E-state index contributed by atoms with van der Waals surface area (Å²) in [6.07, 6.45) is 1.80. The molecule has 0 saturated heterocycles. The Balaban J connectivity index is 2.59. The van der Waals surface area contributed by atoms with E-state index >= 15 is 0 Å². The molecule has 0 bridgehead atoms. The van der Waals surface area contributed by atoms with Gasteiger partial charge in [-0.25, -0.2) is 13.1 Å². The van der Waals surface area contributed by atoms with Gasteiger partial charge in [-0.15, -0.1) is 0 Å². The van der Waals surface area contributed by atoms with E-state index in [-0.39, 0.29) is 6.04 Å². The zero-order valence-electron chi connectivity index (χ0n) is 6.24. The van der Waals surface area contributed by atoms with Crippen molar-refractivity contribution in [1.82, 2.24) is 4.72 Å². The second-order valence-electron chi connectivity index (χ2n) is 2.71. The molecule has 1 aliphatic rings. The molecule has 5 heteroatoms. The van der Waals surface area contributed by atoms with Crippen LogP contribution in [0.3, 0.4) is 0 Å². The van der Waals surface area contributed by atoms with Crippen molar-refractivity contribution in [3.63, 3.8) is 0 Å². The first kappa shape index (κ1) is 8.50. The van der Waals surface area contributed by atoms with E-state index in [1.54, 1.807) is 6.07 Å². The smallest absolute Gasteiger partial charge is 0.211 e. The van der Waals surface area contributed by atoms with Crippen LogP contribution in [0, 0.1) is 11.3 Å². The van der Waals surface area contributed by atoms with Crippen LogP contribution < -0.4 is 4.72 Å². The van der Waals surface area contributed by atoms with Crippen molar-refractivity contribution in [3.05, 3.63) is 0 Å². The van der Waals surface area contributed by atoms with Crippen molar-refractivity contribution in [1.29, 1.82) is 5.26 Å². The van der Waals surface area contributed by atoms with E-state index in [9.17, 15) is 8.42 Å². The molecule has 62 valence electrons. The number of rotatable bonds is 3. The van der Waals surface area contributed by atoms with E-state index < -0.39 is 15.3 Å². The third-order valence-electron chi connectivity index (χ3n) is 1.56. The van der Waals surface area contributed by atoms with Crippen LogP contribution in [0.25, 0.3) is 0 Å². The van der Waals surface area contributed by atoms with Gasteiger partial charge in [-0.1, -0.05) is 0 Å². The largest absolute Gasteiger partial charge is 0.227 e. The number of sulfonamides is 1. The quantitative estimate of drug-likeness (QED) is 0.653. The van der Waals surface area contributed by atoms with Crippen LogP contribution in [0.2, 0.25) is 0 Å². The van der Waals surface area contributed by atoms with Gasteiger partial charge < -0.3 is 0 Å². The summed E-state index contributed by atoms with van der Waals surface area (Å²) in [6, 6.07) is 1.78.